The van der Waals surface area contributed by atoms with Gasteiger partial charge in [-0.1, -0.05) is 25.7 Å². The lowest BCUT2D eigenvalue weighted by atomic mass is 9.90. The van der Waals surface area contributed by atoms with Crippen molar-refractivity contribution < 1.29 is 18.0 Å². The molecule has 1 aliphatic carbocycles. The minimum absolute atomic E-state index is 0.105. The first kappa shape index (κ1) is 22.3. The maximum Gasteiger partial charge on any atom is 0.326 e. The Morgan fingerprint density at radius 1 is 1.16 bits per heavy atom. The first-order valence-corrected chi connectivity index (χ1v) is 13.0. The molecule has 9 nitrogen and oxygen atoms in total. The minimum atomic E-state index is -2.99. The highest BCUT2D eigenvalue weighted by Crippen LogP contribution is 2.33. The predicted molar refractivity (Wildman–Crippen MR) is 116 cm³/mol. The molecular formula is C21H33N5O4S. The van der Waals surface area contributed by atoms with Gasteiger partial charge in [-0.2, -0.15) is 5.10 Å². The molecule has 31 heavy (non-hydrogen) atoms. The van der Waals surface area contributed by atoms with Crippen LogP contribution in [0.2, 0.25) is 0 Å². The van der Waals surface area contributed by atoms with E-state index < -0.39 is 15.4 Å². The van der Waals surface area contributed by atoms with Crippen molar-refractivity contribution in [2.45, 2.75) is 76.9 Å². The molecule has 4 rings (SSSR count). The Hall–Kier alpha value is -1.94. The van der Waals surface area contributed by atoms with Crippen LogP contribution in [0.5, 0.6) is 0 Å². The molecule has 2 aliphatic heterocycles. The van der Waals surface area contributed by atoms with E-state index in [1.54, 1.807) is 0 Å². The summed E-state index contributed by atoms with van der Waals surface area (Å²) in [5, 5.41) is 7.60. The third kappa shape index (κ3) is 4.24. The quantitative estimate of drug-likeness (QED) is 0.686. The van der Waals surface area contributed by atoms with Crippen LogP contribution in [0, 0.1) is 13.8 Å². The van der Waals surface area contributed by atoms with E-state index in [4.69, 9.17) is 0 Å². The van der Waals surface area contributed by atoms with Crippen LogP contribution in [-0.4, -0.2) is 70.7 Å². The number of nitrogens with zero attached hydrogens (tertiary/aromatic N) is 4. The maximum atomic E-state index is 13.1. The van der Waals surface area contributed by atoms with Crippen LogP contribution >= 0.6 is 0 Å². The molecule has 0 unspecified atom stereocenters. The van der Waals surface area contributed by atoms with E-state index in [0.29, 0.717) is 25.8 Å². The number of hydrogen-bond acceptors (Lipinski definition) is 6. The molecule has 0 aromatic carbocycles. The van der Waals surface area contributed by atoms with Crippen LogP contribution in [-0.2, 0) is 21.2 Å². The van der Waals surface area contributed by atoms with Crippen molar-refractivity contribution in [3.05, 3.63) is 17.0 Å². The number of nitrogens with one attached hydrogen (secondary N) is 1. The van der Waals surface area contributed by atoms with E-state index >= 15 is 0 Å². The molecule has 3 heterocycles. The molecule has 1 N–H and O–H groups in total. The SMILES string of the molecule is Cc1nn([C@H]2CCS(=O)(=O)C2)c(C)c1CN(C)CN1C(=O)NC2(CCCCCC2)C1=O. The number of carbonyl (C=O) groups is 2. The minimum Gasteiger partial charge on any atom is -0.323 e. The lowest BCUT2D eigenvalue weighted by Crippen LogP contribution is -2.47. The summed E-state index contributed by atoms with van der Waals surface area (Å²) in [6.07, 6.45) is 6.16. The van der Waals surface area contributed by atoms with Gasteiger partial charge in [0.2, 0.25) is 0 Å². The van der Waals surface area contributed by atoms with E-state index in [1.165, 1.54) is 4.90 Å². The molecule has 3 aliphatic rings. The highest BCUT2D eigenvalue weighted by atomic mass is 32.2. The number of hydrogen-bond donors (Lipinski definition) is 1. The second-order valence-electron chi connectivity index (χ2n) is 9.47. The molecular weight excluding hydrogens is 418 g/mol. The molecule has 10 heteroatoms. The molecule has 1 spiro atoms. The normalized spacial score (nSPS) is 25.4. The fourth-order valence-corrected chi connectivity index (χ4v) is 6.98. The number of aryl methyl sites for hydroxylation is 1. The number of sulfone groups is 1. The van der Waals surface area contributed by atoms with Crippen molar-refractivity contribution >= 4 is 21.8 Å². The number of amides is 3. The van der Waals surface area contributed by atoms with Gasteiger partial charge in [0.1, 0.15) is 5.54 Å². The monoisotopic (exact) mass is 451 g/mol. The average molecular weight is 452 g/mol. The molecule has 2 saturated heterocycles. The number of aromatic nitrogens is 2. The third-order valence-electron chi connectivity index (χ3n) is 7.04. The Morgan fingerprint density at radius 3 is 2.45 bits per heavy atom. The van der Waals surface area contributed by atoms with E-state index in [2.05, 4.69) is 10.4 Å². The molecule has 1 saturated carbocycles. The van der Waals surface area contributed by atoms with Gasteiger partial charge in [0, 0.05) is 17.8 Å². The van der Waals surface area contributed by atoms with Crippen LogP contribution in [0.15, 0.2) is 0 Å². The van der Waals surface area contributed by atoms with E-state index in [9.17, 15) is 18.0 Å². The number of urea groups is 1. The molecule has 3 fully saturated rings. The summed E-state index contributed by atoms with van der Waals surface area (Å²) in [5.41, 5.74) is 2.09. The molecule has 172 valence electrons. The highest BCUT2D eigenvalue weighted by Gasteiger charge is 2.50. The largest absolute Gasteiger partial charge is 0.326 e. The molecule has 1 aromatic heterocycles. The van der Waals surface area contributed by atoms with Gasteiger partial charge in [0.15, 0.2) is 9.84 Å². The smallest absolute Gasteiger partial charge is 0.323 e. The fourth-order valence-electron chi connectivity index (χ4n) is 5.29. The summed E-state index contributed by atoms with van der Waals surface area (Å²) < 4.78 is 25.6. The van der Waals surface area contributed by atoms with Crippen molar-refractivity contribution in [3.8, 4) is 0 Å². The van der Waals surface area contributed by atoms with Crippen molar-refractivity contribution in [3.63, 3.8) is 0 Å². The Labute approximate surface area is 184 Å². The summed E-state index contributed by atoms with van der Waals surface area (Å²) >= 11 is 0. The van der Waals surface area contributed by atoms with Crippen molar-refractivity contribution in [2.24, 2.45) is 0 Å². The van der Waals surface area contributed by atoms with E-state index in [1.807, 2.05) is 30.5 Å². The van der Waals surface area contributed by atoms with Crippen LogP contribution in [0.25, 0.3) is 0 Å². The number of imide groups is 1. The third-order valence-corrected chi connectivity index (χ3v) is 8.79. The number of carbonyl (C=O) groups excluding carboxylic acids is 2. The van der Waals surface area contributed by atoms with Crippen molar-refractivity contribution in [1.82, 2.24) is 24.9 Å². The van der Waals surface area contributed by atoms with Gasteiger partial charge in [0.25, 0.3) is 5.91 Å². The predicted octanol–water partition coefficient (Wildman–Crippen LogP) is 1.89. The summed E-state index contributed by atoms with van der Waals surface area (Å²) in [5.74, 6) is 0.236. The Balaban J connectivity index is 1.45. The van der Waals surface area contributed by atoms with Gasteiger partial charge in [-0.15, -0.1) is 0 Å². The first-order chi connectivity index (χ1) is 14.6. The Bertz CT molecular complexity index is 978. The Morgan fingerprint density at radius 2 is 1.84 bits per heavy atom. The van der Waals surface area contributed by atoms with Crippen LogP contribution in [0.3, 0.4) is 0 Å². The molecule has 3 amide bonds. The molecule has 1 aromatic rings. The van der Waals surface area contributed by atoms with Crippen LogP contribution < -0.4 is 5.32 Å². The second kappa shape index (κ2) is 8.20. The average Bonchev–Trinajstić information content (AvgIpc) is 3.17. The van der Waals surface area contributed by atoms with Crippen LogP contribution in [0.1, 0.15) is 67.9 Å². The topological polar surface area (TPSA) is 105 Å². The molecule has 1 atom stereocenters. The maximum absolute atomic E-state index is 13.1. The first-order valence-electron chi connectivity index (χ1n) is 11.2. The van der Waals surface area contributed by atoms with Gasteiger partial charge in [-0.05, 0) is 40.2 Å². The lowest BCUT2D eigenvalue weighted by Gasteiger charge is -2.26. The van der Waals surface area contributed by atoms with Gasteiger partial charge in [0.05, 0.1) is 29.9 Å². The fraction of sp³-hybridized carbons (Fsp3) is 0.762. The summed E-state index contributed by atoms with van der Waals surface area (Å²) in [7, 11) is -1.11. The molecule has 0 radical (unpaired) electrons. The van der Waals surface area contributed by atoms with E-state index in [0.717, 1.165) is 42.6 Å². The van der Waals surface area contributed by atoms with Gasteiger partial charge in [-0.25, -0.2) is 18.1 Å². The summed E-state index contributed by atoms with van der Waals surface area (Å²) in [6, 6.07) is -0.428. The van der Waals surface area contributed by atoms with Gasteiger partial charge in [-0.3, -0.25) is 14.4 Å². The molecule has 0 bridgehead atoms. The van der Waals surface area contributed by atoms with Gasteiger partial charge >= 0.3 is 6.03 Å². The highest BCUT2D eigenvalue weighted by molar-refractivity contribution is 7.91. The number of rotatable bonds is 5. The summed E-state index contributed by atoms with van der Waals surface area (Å²) in [6.45, 7) is 4.63. The Kier molecular flexibility index (Phi) is 5.89. The van der Waals surface area contributed by atoms with Crippen molar-refractivity contribution in [1.29, 1.82) is 0 Å². The standard InChI is InChI=1S/C21H33N5O4S/c1-15-18(16(2)26(23-15)17-8-11-31(29,30)13-17)12-24(3)14-25-19(27)21(22-20(25)28)9-6-4-5-7-10-21/h17H,4-14H2,1-3H3,(H,22,28)/t17-/m0/s1. The van der Waals surface area contributed by atoms with E-state index in [-0.39, 0.29) is 36.2 Å². The second-order valence-corrected chi connectivity index (χ2v) is 11.7. The summed E-state index contributed by atoms with van der Waals surface area (Å²) in [4.78, 5) is 29.1. The zero-order valence-electron chi connectivity index (χ0n) is 18.7. The lowest BCUT2D eigenvalue weighted by molar-refractivity contribution is -0.133. The van der Waals surface area contributed by atoms with Crippen LogP contribution in [0.4, 0.5) is 4.79 Å². The van der Waals surface area contributed by atoms with Crippen molar-refractivity contribution in [2.75, 3.05) is 25.2 Å². The van der Waals surface area contributed by atoms with Gasteiger partial charge < -0.3 is 5.32 Å². The zero-order valence-corrected chi connectivity index (χ0v) is 19.5. The zero-order chi connectivity index (χ0) is 22.4.